The third kappa shape index (κ3) is 2.24. The van der Waals surface area contributed by atoms with Crippen molar-refractivity contribution in [2.45, 2.75) is 13.3 Å². The van der Waals surface area contributed by atoms with Crippen molar-refractivity contribution in [2.24, 2.45) is 0 Å². The molecule has 0 N–H and O–H groups in total. The van der Waals surface area contributed by atoms with Gasteiger partial charge in [0.1, 0.15) is 4.88 Å². The van der Waals surface area contributed by atoms with Crippen molar-refractivity contribution < 1.29 is 4.79 Å². The molecule has 0 unspecified atom stereocenters. The first-order valence-electron chi connectivity index (χ1n) is 4.48. The standard InChI is InChI=1S/C10H9N3OS/c1-7-10(15-13-12-7)9(14)6-8-2-4-11-5-3-8/h2-5H,6H2,1H3. The van der Waals surface area contributed by atoms with Gasteiger partial charge in [0.15, 0.2) is 5.78 Å². The van der Waals surface area contributed by atoms with Gasteiger partial charge in [-0.25, -0.2) is 0 Å². The lowest BCUT2D eigenvalue weighted by atomic mass is 10.1. The fraction of sp³-hybridized carbons (Fsp3) is 0.200. The van der Waals surface area contributed by atoms with Crippen molar-refractivity contribution in [2.75, 3.05) is 0 Å². The minimum absolute atomic E-state index is 0.0636. The van der Waals surface area contributed by atoms with E-state index in [9.17, 15) is 4.79 Å². The number of pyridine rings is 1. The summed E-state index contributed by atoms with van der Waals surface area (Å²) in [6.45, 7) is 1.79. The molecule has 0 atom stereocenters. The molecule has 0 aliphatic carbocycles. The molecule has 15 heavy (non-hydrogen) atoms. The van der Waals surface area contributed by atoms with Gasteiger partial charge in [-0.3, -0.25) is 9.78 Å². The van der Waals surface area contributed by atoms with Crippen LogP contribution in [0.4, 0.5) is 0 Å². The highest BCUT2D eigenvalue weighted by Crippen LogP contribution is 2.12. The molecule has 4 nitrogen and oxygen atoms in total. The van der Waals surface area contributed by atoms with Crippen LogP contribution in [-0.2, 0) is 6.42 Å². The number of aromatic nitrogens is 3. The average Bonchev–Trinajstić information content (AvgIpc) is 2.66. The minimum atomic E-state index is 0.0636. The van der Waals surface area contributed by atoms with Crippen LogP contribution in [0.3, 0.4) is 0 Å². The smallest absolute Gasteiger partial charge is 0.180 e. The van der Waals surface area contributed by atoms with Crippen molar-refractivity contribution in [1.82, 2.24) is 14.6 Å². The van der Waals surface area contributed by atoms with E-state index in [2.05, 4.69) is 14.6 Å². The summed E-state index contributed by atoms with van der Waals surface area (Å²) >= 11 is 1.15. The van der Waals surface area contributed by atoms with Crippen molar-refractivity contribution >= 4 is 17.3 Å². The molecular weight excluding hydrogens is 210 g/mol. The third-order valence-electron chi connectivity index (χ3n) is 2.02. The second kappa shape index (κ2) is 4.27. The van der Waals surface area contributed by atoms with Crippen LogP contribution in [0.2, 0.25) is 0 Å². The summed E-state index contributed by atoms with van der Waals surface area (Å²) in [5, 5.41) is 3.81. The second-order valence-electron chi connectivity index (χ2n) is 3.14. The van der Waals surface area contributed by atoms with Crippen molar-refractivity contribution in [3.05, 3.63) is 40.7 Å². The number of carbonyl (C=O) groups excluding carboxylic acids is 1. The maximum Gasteiger partial charge on any atom is 0.180 e. The minimum Gasteiger partial charge on any atom is -0.293 e. The molecule has 0 saturated carbocycles. The normalized spacial score (nSPS) is 10.2. The Hall–Kier alpha value is -1.62. The largest absolute Gasteiger partial charge is 0.293 e. The predicted molar refractivity (Wildman–Crippen MR) is 56.9 cm³/mol. The van der Waals surface area contributed by atoms with Gasteiger partial charge < -0.3 is 0 Å². The maximum atomic E-state index is 11.8. The van der Waals surface area contributed by atoms with E-state index in [4.69, 9.17) is 0 Å². The molecule has 0 amide bonds. The first-order valence-corrected chi connectivity index (χ1v) is 5.26. The summed E-state index contributed by atoms with van der Waals surface area (Å²) in [5.41, 5.74) is 1.67. The Morgan fingerprint density at radius 2 is 2.13 bits per heavy atom. The summed E-state index contributed by atoms with van der Waals surface area (Å²) in [4.78, 5) is 16.4. The van der Waals surface area contributed by atoms with Crippen LogP contribution in [0, 0.1) is 6.92 Å². The summed E-state index contributed by atoms with van der Waals surface area (Å²) in [6, 6.07) is 3.67. The molecule has 0 saturated heterocycles. The van der Waals surface area contributed by atoms with E-state index in [1.54, 1.807) is 19.3 Å². The fourth-order valence-electron chi connectivity index (χ4n) is 1.25. The van der Waals surface area contributed by atoms with Crippen molar-refractivity contribution in [3.8, 4) is 0 Å². The lowest BCUT2D eigenvalue weighted by molar-refractivity contribution is 0.0996. The Bertz CT molecular complexity index is 467. The van der Waals surface area contributed by atoms with Gasteiger partial charge >= 0.3 is 0 Å². The number of rotatable bonds is 3. The molecule has 0 aromatic carbocycles. The number of carbonyl (C=O) groups is 1. The van der Waals surface area contributed by atoms with Crippen LogP contribution in [0.5, 0.6) is 0 Å². The lowest BCUT2D eigenvalue weighted by Gasteiger charge is -1.97. The van der Waals surface area contributed by atoms with E-state index >= 15 is 0 Å². The van der Waals surface area contributed by atoms with Crippen LogP contribution < -0.4 is 0 Å². The van der Waals surface area contributed by atoms with Gasteiger partial charge in [-0.1, -0.05) is 4.49 Å². The van der Waals surface area contributed by atoms with E-state index in [1.807, 2.05) is 12.1 Å². The Morgan fingerprint density at radius 3 is 2.73 bits per heavy atom. The number of ketones is 1. The predicted octanol–water partition coefficient (Wildman–Crippen LogP) is 1.67. The van der Waals surface area contributed by atoms with E-state index in [1.165, 1.54) is 0 Å². The Kier molecular flexibility index (Phi) is 2.82. The molecule has 0 spiro atoms. The van der Waals surface area contributed by atoms with E-state index in [0.29, 0.717) is 17.0 Å². The SMILES string of the molecule is Cc1nnsc1C(=O)Cc1ccncc1. The molecule has 0 fully saturated rings. The molecule has 2 aromatic rings. The Labute approximate surface area is 91.2 Å². The molecule has 2 rings (SSSR count). The molecule has 2 aromatic heterocycles. The average molecular weight is 219 g/mol. The molecule has 0 aliphatic rings. The number of Topliss-reactive ketones (excluding diaryl/α,β-unsaturated/α-hetero) is 1. The summed E-state index contributed by atoms with van der Waals surface area (Å²) < 4.78 is 3.74. The summed E-state index contributed by atoms with van der Waals surface area (Å²) in [7, 11) is 0. The Balaban J connectivity index is 2.15. The highest BCUT2D eigenvalue weighted by molar-refractivity contribution is 7.08. The fourth-order valence-corrected chi connectivity index (χ4v) is 1.84. The van der Waals surface area contributed by atoms with Gasteiger partial charge in [0.05, 0.1) is 5.69 Å². The van der Waals surface area contributed by atoms with Gasteiger partial charge in [0, 0.05) is 18.8 Å². The van der Waals surface area contributed by atoms with E-state index < -0.39 is 0 Å². The van der Waals surface area contributed by atoms with Crippen LogP contribution in [-0.4, -0.2) is 20.4 Å². The highest BCUT2D eigenvalue weighted by Gasteiger charge is 2.13. The lowest BCUT2D eigenvalue weighted by Crippen LogP contribution is -2.03. The second-order valence-corrected chi connectivity index (χ2v) is 3.90. The molecule has 76 valence electrons. The summed E-state index contributed by atoms with van der Waals surface area (Å²) in [6.07, 6.45) is 3.74. The zero-order valence-corrected chi connectivity index (χ0v) is 8.99. The summed E-state index contributed by atoms with van der Waals surface area (Å²) in [5.74, 6) is 0.0636. The highest BCUT2D eigenvalue weighted by atomic mass is 32.1. The van der Waals surface area contributed by atoms with Gasteiger partial charge in [-0.05, 0) is 36.2 Å². The number of hydrogen-bond acceptors (Lipinski definition) is 5. The molecule has 0 aliphatic heterocycles. The molecule has 5 heteroatoms. The molecule has 2 heterocycles. The van der Waals surface area contributed by atoms with Crippen LogP contribution in [0.1, 0.15) is 20.9 Å². The van der Waals surface area contributed by atoms with Gasteiger partial charge in [0.25, 0.3) is 0 Å². The Morgan fingerprint density at radius 1 is 1.40 bits per heavy atom. The molecular formula is C10H9N3OS. The van der Waals surface area contributed by atoms with Crippen LogP contribution in [0.25, 0.3) is 0 Å². The third-order valence-corrected chi connectivity index (χ3v) is 2.89. The van der Waals surface area contributed by atoms with Crippen LogP contribution >= 0.6 is 11.5 Å². The first-order chi connectivity index (χ1) is 7.27. The topological polar surface area (TPSA) is 55.7 Å². The molecule has 0 radical (unpaired) electrons. The van der Waals surface area contributed by atoms with Gasteiger partial charge in [-0.2, -0.15) is 0 Å². The zero-order valence-electron chi connectivity index (χ0n) is 8.17. The number of nitrogens with zero attached hydrogens (tertiary/aromatic N) is 3. The number of hydrogen-bond donors (Lipinski definition) is 0. The van der Waals surface area contributed by atoms with E-state index in [0.717, 1.165) is 17.1 Å². The maximum absolute atomic E-state index is 11.8. The quantitative estimate of drug-likeness (QED) is 0.737. The zero-order chi connectivity index (χ0) is 10.7. The van der Waals surface area contributed by atoms with Gasteiger partial charge in [-0.15, -0.1) is 5.10 Å². The van der Waals surface area contributed by atoms with E-state index in [-0.39, 0.29) is 5.78 Å². The monoisotopic (exact) mass is 219 g/mol. The van der Waals surface area contributed by atoms with Crippen LogP contribution in [0.15, 0.2) is 24.5 Å². The first kappa shape index (κ1) is 9.92. The van der Waals surface area contributed by atoms with Gasteiger partial charge in [0.2, 0.25) is 0 Å². The van der Waals surface area contributed by atoms with Crippen molar-refractivity contribution in [1.29, 1.82) is 0 Å². The number of aryl methyl sites for hydroxylation is 1. The van der Waals surface area contributed by atoms with Crippen molar-refractivity contribution in [3.63, 3.8) is 0 Å². The molecule has 0 bridgehead atoms.